The van der Waals surface area contributed by atoms with Crippen molar-refractivity contribution in [2.45, 2.75) is 45.7 Å². The molecule has 0 radical (unpaired) electrons. The third-order valence-electron chi connectivity index (χ3n) is 5.17. The molecule has 6 heteroatoms. The number of para-hydroxylation sites is 3. The molecular weight excluding hydrogens is 366 g/mol. The number of hydrogen-bond donors (Lipinski definition) is 3. The Morgan fingerprint density at radius 1 is 1.10 bits per heavy atom. The van der Waals surface area contributed by atoms with E-state index in [0.717, 1.165) is 24.9 Å². The Bertz CT molecular complexity index is 866. The Balaban J connectivity index is 1.47. The Morgan fingerprint density at radius 3 is 2.59 bits per heavy atom. The highest BCUT2D eigenvalue weighted by Gasteiger charge is 2.32. The highest BCUT2D eigenvalue weighted by molar-refractivity contribution is 6.01. The molecule has 0 saturated heterocycles. The van der Waals surface area contributed by atoms with Crippen molar-refractivity contribution in [2.24, 2.45) is 5.92 Å². The first-order chi connectivity index (χ1) is 14.0. The van der Waals surface area contributed by atoms with Crippen molar-refractivity contribution >= 4 is 23.2 Å². The van der Waals surface area contributed by atoms with E-state index in [9.17, 15) is 14.7 Å². The number of phenols is 1. The Kier molecular flexibility index (Phi) is 6.75. The second-order valence-corrected chi connectivity index (χ2v) is 7.75. The first-order valence-electron chi connectivity index (χ1n) is 10.2. The molecule has 0 aliphatic carbocycles. The smallest absolute Gasteiger partial charge is 0.257 e. The van der Waals surface area contributed by atoms with Crippen LogP contribution < -0.4 is 10.6 Å². The van der Waals surface area contributed by atoms with Crippen LogP contribution in [0.15, 0.2) is 48.5 Å². The van der Waals surface area contributed by atoms with Gasteiger partial charge >= 0.3 is 0 Å². The molecule has 0 saturated carbocycles. The van der Waals surface area contributed by atoms with Gasteiger partial charge in [0.05, 0.1) is 11.3 Å². The summed E-state index contributed by atoms with van der Waals surface area (Å²) in [7, 11) is 0. The van der Waals surface area contributed by atoms with Crippen molar-refractivity contribution in [3.8, 4) is 5.75 Å². The van der Waals surface area contributed by atoms with E-state index in [1.807, 2.05) is 29.2 Å². The van der Waals surface area contributed by atoms with Crippen molar-refractivity contribution in [1.29, 1.82) is 0 Å². The largest absolute Gasteiger partial charge is 0.506 e. The molecule has 154 valence electrons. The summed E-state index contributed by atoms with van der Waals surface area (Å²) in [4.78, 5) is 26.9. The van der Waals surface area contributed by atoms with Gasteiger partial charge in [0, 0.05) is 18.7 Å². The average molecular weight is 396 g/mol. The first kappa shape index (κ1) is 20.7. The van der Waals surface area contributed by atoms with Gasteiger partial charge in [-0.2, -0.15) is 0 Å². The number of hydrogen-bond acceptors (Lipinski definition) is 4. The third-order valence-corrected chi connectivity index (χ3v) is 5.17. The van der Waals surface area contributed by atoms with E-state index in [4.69, 9.17) is 0 Å². The van der Waals surface area contributed by atoms with Gasteiger partial charge in [0.2, 0.25) is 5.91 Å². The van der Waals surface area contributed by atoms with Crippen LogP contribution in [0.3, 0.4) is 0 Å². The molecule has 0 spiro atoms. The number of nitrogens with one attached hydrogen (secondary N) is 2. The van der Waals surface area contributed by atoms with Gasteiger partial charge in [-0.15, -0.1) is 0 Å². The predicted octanol–water partition coefficient (Wildman–Crippen LogP) is 4.44. The Hall–Kier alpha value is -3.02. The summed E-state index contributed by atoms with van der Waals surface area (Å²) < 4.78 is 0. The van der Waals surface area contributed by atoms with Gasteiger partial charge in [0.1, 0.15) is 11.9 Å². The summed E-state index contributed by atoms with van der Waals surface area (Å²) in [5, 5.41) is 15.9. The van der Waals surface area contributed by atoms with Crippen LogP contribution >= 0.6 is 0 Å². The van der Waals surface area contributed by atoms with Gasteiger partial charge in [0.15, 0.2) is 0 Å². The van der Waals surface area contributed by atoms with E-state index < -0.39 is 0 Å². The molecule has 1 heterocycles. The molecule has 1 atom stereocenters. The minimum atomic E-state index is -0.115. The van der Waals surface area contributed by atoms with E-state index in [-0.39, 0.29) is 29.6 Å². The number of benzene rings is 2. The van der Waals surface area contributed by atoms with Crippen LogP contribution in [0.4, 0.5) is 11.4 Å². The molecule has 3 N–H and O–H groups in total. The second-order valence-electron chi connectivity index (χ2n) is 7.75. The lowest BCUT2D eigenvalue weighted by Gasteiger charge is -2.40. The molecule has 6 nitrogen and oxygen atoms in total. The quantitative estimate of drug-likeness (QED) is 0.456. The number of rotatable bonds is 8. The van der Waals surface area contributed by atoms with E-state index >= 15 is 0 Å². The van der Waals surface area contributed by atoms with Gasteiger partial charge < -0.3 is 20.6 Å². The number of phenolic OH excluding ortho intramolecular Hbond substituents is 1. The summed E-state index contributed by atoms with van der Waals surface area (Å²) in [6.45, 7) is 4.87. The van der Waals surface area contributed by atoms with E-state index in [1.165, 1.54) is 0 Å². The number of anilines is 2. The molecule has 0 bridgehead atoms. The number of carbonyl (C=O) groups is 2. The molecule has 2 aromatic carbocycles. The van der Waals surface area contributed by atoms with Crippen LogP contribution in [-0.2, 0) is 4.79 Å². The second kappa shape index (κ2) is 9.45. The minimum Gasteiger partial charge on any atom is -0.506 e. The Morgan fingerprint density at radius 2 is 1.83 bits per heavy atom. The SMILES string of the molecule is CC(C)[C@@H]1Nc2ccccc2C(=O)N1CCCCCC(=O)Nc1ccccc1O. The molecule has 0 aromatic heterocycles. The van der Waals surface area contributed by atoms with Crippen LogP contribution in [0.5, 0.6) is 5.75 Å². The molecule has 29 heavy (non-hydrogen) atoms. The van der Waals surface area contributed by atoms with E-state index in [0.29, 0.717) is 24.2 Å². The van der Waals surface area contributed by atoms with E-state index in [1.54, 1.807) is 24.3 Å². The fraction of sp³-hybridized carbons (Fsp3) is 0.391. The van der Waals surface area contributed by atoms with E-state index in [2.05, 4.69) is 24.5 Å². The lowest BCUT2D eigenvalue weighted by Crippen LogP contribution is -2.51. The maximum Gasteiger partial charge on any atom is 0.257 e. The minimum absolute atomic E-state index is 0.0262. The number of carbonyl (C=O) groups excluding carboxylic acids is 2. The zero-order valence-electron chi connectivity index (χ0n) is 17.0. The number of amides is 2. The zero-order valence-corrected chi connectivity index (χ0v) is 17.0. The molecule has 2 aromatic rings. The standard InChI is InChI=1S/C23H29N3O3/c1-16(2)22-25-18-11-6-5-10-17(18)23(29)26(22)15-9-3-4-14-21(28)24-19-12-7-8-13-20(19)27/h5-8,10-13,16,22,25,27H,3-4,9,14-15H2,1-2H3,(H,24,28)/t22-/m1/s1. The summed E-state index contributed by atoms with van der Waals surface area (Å²) in [5.74, 6) is 0.306. The fourth-order valence-corrected chi connectivity index (χ4v) is 3.62. The highest BCUT2D eigenvalue weighted by atomic mass is 16.3. The van der Waals surface area contributed by atoms with Crippen molar-refractivity contribution in [1.82, 2.24) is 4.90 Å². The van der Waals surface area contributed by atoms with Gasteiger partial charge in [-0.25, -0.2) is 0 Å². The summed E-state index contributed by atoms with van der Waals surface area (Å²) in [6, 6.07) is 14.3. The van der Waals surface area contributed by atoms with Crippen LogP contribution in [0.2, 0.25) is 0 Å². The molecule has 0 fully saturated rings. The average Bonchev–Trinajstić information content (AvgIpc) is 2.70. The van der Waals surface area contributed by atoms with Gasteiger partial charge in [0.25, 0.3) is 5.91 Å². The topological polar surface area (TPSA) is 81.7 Å². The third kappa shape index (κ3) is 5.08. The molecule has 2 amide bonds. The number of unbranched alkanes of at least 4 members (excludes halogenated alkanes) is 2. The lowest BCUT2D eigenvalue weighted by atomic mass is 10.0. The van der Waals surface area contributed by atoms with Crippen molar-refractivity contribution < 1.29 is 14.7 Å². The maximum atomic E-state index is 12.9. The molecule has 0 unspecified atom stereocenters. The number of aromatic hydroxyl groups is 1. The van der Waals surface area contributed by atoms with Gasteiger partial charge in [-0.3, -0.25) is 9.59 Å². The van der Waals surface area contributed by atoms with Crippen LogP contribution in [0.1, 0.15) is 49.9 Å². The summed E-state index contributed by atoms with van der Waals surface area (Å²) in [5.41, 5.74) is 2.04. The zero-order chi connectivity index (χ0) is 20.8. The molecular formula is C23H29N3O3. The van der Waals surface area contributed by atoms with Gasteiger partial charge in [-0.1, -0.05) is 44.5 Å². The van der Waals surface area contributed by atoms with Crippen LogP contribution in [0.25, 0.3) is 0 Å². The van der Waals surface area contributed by atoms with Crippen LogP contribution in [0, 0.1) is 5.92 Å². The van der Waals surface area contributed by atoms with Crippen molar-refractivity contribution in [3.63, 3.8) is 0 Å². The molecule has 1 aliphatic heterocycles. The first-order valence-corrected chi connectivity index (χ1v) is 10.2. The number of fused-ring (bicyclic) bond motifs is 1. The lowest BCUT2D eigenvalue weighted by molar-refractivity contribution is -0.116. The monoisotopic (exact) mass is 395 g/mol. The van der Waals surface area contributed by atoms with Gasteiger partial charge in [-0.05, 0) is 43.0 Å². The van der Waals surface area contributed by atoms with Crippen molar-refractivity contribution in [3.05, 3.63) is 54.1 Å². The maximum absolute atomic E-state index is 12.9. The highest BCUT2D eigenvalue weighted by Crippen LogP contribution is 2.28. The summed E-state index contributed by atoms with van der Waals surface area (Å²) in [6.07, 6.45) is 2.78. The fourth-order valence-electron chi connectivity index (χ4n) is 3.62. The normalized spacial score (nSPS) is 15.8. The van der Waals surface area contributed by atoms with Crippen LogP contribution in [-0.4, -0.2) is 34.5 Å². The predicted molar refractivity (Wildman–Crippen MR) is 115 cm³/mol. The number of nitrogens with zero attached hydrogens (tertiary/aromatic N) is 1. The molecule has 1 aliphatic rings. The Labute approximate surface area is 171 Å². The summed E-state index contributed by atoms with van der Waals surface area (Å²) >= 11 is 0. The van der Waals surface area contributed by atoms with Crippen molar-refractivity contribution in [2.75, 3.05) is 17.2 Å². The molecule has 3 rings (SSSR count).